The Labute approximate surface area is 186 Å². The molecule has 32 heavy (non-hydrogen) atoms. The van der Waals surface area contributed by atoms with Crippen LogP contribution in [0.3, 0.4) is 0 Å². The SMILES string of the molecule is O=C([C@H]1CC[C@@H](Nc2ncc3c(-c4ccn5nccc5c4)c[nH]c3n2)CC1)N1CCCC1. The number of pyridine rings is 1. The first-order valence-electron chi connectivity index (χ1n) is 11.6. The third-order valence-corrected chi connectivity index (χ3v) is 6.97. The molecule has 1 aliphatic carbocycles. The van der Waals surface area contributed by atoms with Crippen molar-refractivity contribution in [2.24, 2.45) is 5.92 Å². The molecule has 1 aliphatic heterocycles. The van der Waals surface area contributed by atoms with Crippen LogP contribution in [0.4, 0.5) is 5.95 Å². The zero-order valence-electron chi connectivity index (χ0n) is 18.0. The smallest absolute Gasteiger partial charge is 0.225 e. The number of H-pyrrole nitrogens is 1. The summed E-state index contributed by atoms with van der Waals surface area (Å²) in [5, 5.41) is 8.75. The number of rotatable bonds is 4. The van der Waals surface area contributed by atoms with E-state index >= 15 is 0 Å². The fraction of sp³-hybridized carbons (Fsp3) is 0.417. The first-order valence-corrected chi connectivity index (χ1v) is 11.6. The fourth-order valence-electron chi connectivity index (χ4n) is 5.17. The highest BCUT2D eigenvalue weighted by Gasteiger charge is 2.30. The van der Waals surface area contributed by atoms with Gasteiger partial charge in [-0.1, -0.05) is 0 Å². The Morgan fingerprint density at radius 1 is 1.12 bits per heavy atom. The molecule has 164 valence electrons. The zero-order chi connectivity index (χ0) is 21.5. The topological polar surface area (TPSA) is 91.2 Å². The summed E-state index contributed by atoms with van der Waals surface area (Å²) in [6, 6.07) is 6.47. The molecule has 4 aromatic heterocycles. The van der Waals surface area contributed by atoms with Crippen LogP contribution in [0.1, 0.15) is 38.5 Å². The lowest BCUT2D eigenvalue weighted by molar-refractivity contribution is -0.135. The van der Waals surface area contributed by atoms with E-state index in [1.807, 2.05) is 29.2 Å². The van der Waals surface area contributed by atoms with Crippen molar-refractivity contribution in [1.82, 2.24) is 29.5 Å². The lowest BCUT2D eigenvalue weighted by atomic mass is 9.85. The molecule has 8 nitrogen and oxygen atoms in total. The van der Waals surface area contributed by atoms with Crippen molar-refractivity contribution in [2.45, 2.75) is 44.6 Å². The van der Waals surface area contributed by atoms with E-state index in [2.05, 4.69) is 37.4 Å². The van der Waals surface area contributed by atoms with Crippen molar-refractivity contribution in [1.29, 1.82) is 0 Å². The van der Waals surface area contributed by atoms with Gasteiger partial charge in [0, 0.05) is 60.8 Å². The predicted octanol–water partition coefficient (Wildman–Crippen LogP) is 3.87. The number of nitrogens with zero attached hydrogens (tertiary/aromatic N) is 5. The van der Waals surface area contributed by atoms with Crippen molar-refractivity contribution >= 4 is 28.4 Å². The van der Waals surface area contributed by atoms with E-state index in [-0.39, 0.29) is 5.92 Å². The standard InChI is InChI=1S/C24H27N7O/c32-23(30-10-1-2-11-30)16-3-5-18(6-4-16)28-24-26-15-21-20(14-25-22(21)29-24)17-8-12-31-19(13-17)7-9-27-31/h7-9,12-16,18H,1-6,10-11H2,(H2,25,26,28,29)/t16-,18+. The molecule has 2 N–H and O–H groups in total. The summed E-state index contributed by atoms with van der Waals surface area (Å²) < 4.78 is 1.85. The minimum atomic E-state index is 0.189. The first-order chi connectivity index (χ1) is 15.7. The van der Waals surface area contributed by atoms with Crippen LogP contribution in [-0.4, -0.2) is 54.5 Å². The zero-order valence-corrected chi connectivity index (χ0v) is 18.0. The minimum absolute atomic E-state index is 0.189. The van der Waals surface area contributed by atoms with Crippen LogP contribution in [0.15, 0.2) is 43.0 Å². The summed E-state index contributed by atoms with van der Waals surface area (Å²) in [5.74, 6) is 1.20. The van der Waals surface area contributed by atoms with Crippen molar-refractivity contribution in [3.05, 3.63) is 43.0 Å². The summed E-state index contributed by atoms with van der Waals surface area (Å²) in [5.41, 5.74) is 4.06. The first kappa shape index (κ1) is 19.3. The molecule has 0 unspecified atom stereocenters. The van der Waals surface area contributed by atoms with E-state index in [4.69, 9.17) is 4.98 Å². The molecular formula is C24H27N7O. The van der Waals surface area contributed by atoms with Crippen molar-refractivity contribution in [2.75, 3.05) is 18.4 Å². The van der Waals surface area contributed by atoms with Crippen LogP contribution >= 0.6 is 0 Å². The van der Waals surface area contributed by atoms with Gasteiger partial charge in [-0.05, 0) is 62.3 Å². The number of aromatic amines is 1. The van der Waals surface area contributed by atoms with Crippen LogP contribution in [0, 0.1) is 5.92 Å². The summed E-state index contributed by atoms with van der Waals surface area (Å²) in [6.07, 6.45) is 13.8. The summed E-state index contributed by atoms with van der Waals surface area (Å²) in [6.45, 7) is 1.89. The molecule has 0 spiro atoms. The average Bonchev–Trinajstić information content (AvgIpc) is 3.59. The largest absolute Gasteiger partial charge is 0.351 e. The Morgan fingerprint density at radius 2 is 1.97 bits per heavy atom. The van der Waals surface area contributed by atoms with Crippen LogP contribution in [0.5, 0.6) is 0 Å². The van der Waals surface area contributed by atoms with E-state index in [9.17, 15) is 4.79 Å². The Hall–Kier alpha value is -3.42. The molecule has 8 heteroatoms. The fourth-order valence-corrected chi connectivity index (χ4v) is 5.17. The highest BCUT2D eigenvalue weighted by Crippen LogP contribution is 2.31. The van der Waals surface area contributed by atoms with Crippen molar-refractivity contribution < 1.29 is 4.79 Å². The van der Waals surface area contributed by atoms with Gasteiger partial charge in [-0.3, -0.25) is 4.79 Å². The number of hydrogen-bond donors (Lipinski definition) is 2. The molecule has 0 atom stereocenters. The molecule has 1 saturated heterocycles. The normalized spacial score (nSPS) is 21.4. The third kappa shape index (κ3) is 3.49. The Kier molecular flexibility index (Phi) is 4.78. The van der Waals surface area contributed by atoms with Crippen molar-refractivity contribution in [3.8, 4) is 11.1 Å². The average molecular weight is 430 g/mol. The summed E-state index contributed by atoms with van der Waals surface area (Å²) in [7, 11) is 0. The minimum Gasteiger partial charge on any atom is -0.351 e. The van der Waals surface area contributed by atoms with E-state index in [0.29, 0.717) is 17.9 Å². The van der Waals surface area contributed by atoms with Crippen LogP contribution in [0.2, 0.25) is 0 Å². The number of hydrogen-bond acceptors (Lipinski definition) is 5. The second kappa shape index (κ2) is 7.93. The van der Waals surface area contributed by atoms with E-state index in [1.165, 1.54) is 0 Å². The molecule has 0 radical (unpaired) electrons. The molecule has 0 aromatic carbocycles. The molecule has 2 aliphatic rings. The molecule has 5 heterocycles. The quantitative estimate of drug-likeness (QED) is 0.514. The van der Waals surface area contributed by atoms with Gasteiger partial charge in [0.25, 0.3) is 0 Å². The van der Waals surface area contributed by atoms with Crippen LogP contribution in [-0.2, 0) is 4.79 Å². The van der Waals surface area contributed by atoms with Gasteiger partial charge >= 0.3 is 0 Å². The number of anilines is 1. The van der Waals surface area contributed by atoms with Gasteiger partial charge in [-0.2, -0.15) is 10.1 Å². The van der Waals surface area contributed by atoms with Gasteiger partial charge in [0.1, 0.15) is 5.65 Å². The second-order valence-corrected chi connectivity index (χ2v) is 9.00. The number of fused-ring (bicyclic) bond motifs is 2. The maximum absolute atomic E-state index is 12.7. The predicted molar refractivity (Wildman–Crippen MR) is 123 cm³/mol. The number of aromatic nitrogens is 5. The van der Waals surface area contributed by atoms with E-state index in [1.54, 1.807) is 6.20 Å². The molecule has 0 bridgehead atoms. The monoisotopic (exact) mass is 429 g/mol. The van der Waals surface area contributed by atoms with Gasteiger partial charge in [0.05, 0.1) is 5.52 Å². The molecule has 4 aromatic rings. The Morgan fingerprint density at radius 3 is 2.81 bits per heavy atom. The lowest BCUT2D eigenvalue weighted by Gasteiger charge is -2.30. The van der Waals surface area contributed by atoms with E-state index < -0.39 is 0 Å². The lowest BCUT2D eigenvalue weighted by Crippen LogP contribution is -2.37. The number of amides is 1. The van der Waals surface area contributed by atoms with E-state index in [0.717, 1.165) is 79.3 Å². The Balaban J connectivity index is 1.14. The van der Waals surface area contributed by atoms with Gasteiger partial charge in [0.2, 0.25) is 11.9 Å². The number of carbonyl (C=O) groups is 1. The highest BCUT2D eigenvalue weighted by molar-refractivity contribution is 5.94. The maximum atomic E-state index is 12.7. The molecule has 6 rings (SSSR count). The second-order valence-electron chi connectivity index (χ2n) is 9.00. The third-order valence-electron chi connectivity index (χ3n) is 6.97. The number of nitrogens with one attached hydrogen (secondary N) is 2. The maximum Gasteiger partial charge on any atom is 0.225 e. The van der Waals surface area contributed by atoms with Crippen molar-refractivity contribution in [3.63, 3.8) is 0 Å². The molecular weight excluding hydrogens is 402 g/mol. The summed E-state index contributed by atoms with van der Waals surface area (Å²) in [4.78, 5) is 27.3. The van der Waals surface area contributed by atoms with Gasteiger partial charge in [0.15, 0.2) is 0 Å². The highest BCUT2D eigenvalue weighted by atomic mass is 16.2. The molecule has 1 saturated carbocycles. The summed E-state index contributed by atoms with van der Waals surface area (Å²) >= 11 is 0. The molecule has 2 fully saturated rings. The number of likely N-dealkylation sites (tertiary alicyclic amines) is 1. The van der Waals surface area contributed by atoms with Crippen LogP contribution in [0.25, 0.3) is 27.7 Å². The van der Waals surface area contributed by atoms with Crippen LogP contribution < -0.4 is 5.32 Å². The number of carbonyl (C=O) groups excluding carboxylic acids is 1. The Bertz CT molecular complexity index is 1260. The van der Waals surface area contributed by atoms with Gasteiger partial charge in [-0.15, -0.1) is 0 Å². The molecule has 1 amide bonds. The van der Waals surface area contributed by atoms with Gasteiger partial charge < -0.3 is 15.2 Å². The van der Waals surface area contributed by atoms with Gasteiger partial charge in [-0.25, -0.2) is 9.50 Å².